The van der Waals surface area contributed by atoms with E-state index >= 15 is 0 Å². The molecule has 0 bridgehead atoms. The van der Waals surface area contributed by atoms with E-state index in [0.717, 1.165) is 22.9 Å². The summed E-state index contributed by atoms with van der Waals surface area (Å²) in [6.45, 7) is 0.0754. The van der Waals surface area contributed by atoms with Gasteiger partial charge in [0.1, 0.15) is 6.61 Å². The minimum absolute atomic E-state index is 0.0237. The van der Waals surface area contributed by atoms with Crippen molar-refractivity contribution >= 4 is 15.8 Å². The lowest BCUT2D eigenvalue weighted by molar-refractivity contribution is 0.0468. The van der Waals surface area contributed by atoms with Crippen LogP contribution < -0.4 is 0 Å². The number of ether oxygens (including phenoxy) is 1. The standard InChI is InChI=1S/C21H18O4S/c1-26(23,24)20-10-6-5-9-19(20)21(22)25-15-16-11-13-18(14-12-16)17-7-3-2-4-8-17/h2-14H,15H2,1H3. The van der Waals surface area contributed by atoms with Gasteiger partial charge in [0.15, 0.2) is 9.84 Å². The van der Waals surface area contributed by atoms with E-state index in [4.69, 9.17) is 4.74 Å². The van der Waals surface area contributed by atoms with Gasteiger partial charge in [0.25, 0.3) is 0 Å². The van der Waals surface area contributed by atoms with Crippen LogP contribution in [0.1, 0.15) is 15.9 Å². The monoisotopic (exact) mass is 366 g/mol. The molecule has 0 unspecified atom stereocenters. The maximum absolute atomic E-state index is 12.3. The quantitative estimate of drug-likeness (QED) is 0.638. The summed E-state index contributed by atoms with van der Waals surface area (Å²) in [6, 6.07) is 23.7. The fraction of sp³-hybridized carbons (Fsp3) is 0.0952. The van der Waals surface area contributed by atoms with Gasteiger partial charge in [0, 0.05) is 6.26 Å². The first-order chi connectivity index (χ1) is 12.4. The molecule has 0 aromatic heterocycles. The maximum atomic E-state index is 12.3. The van der Waals surface area contributed by atoms with Crippen molar-refractivity contribution in [2.75, 3.05) is 6.26 Å². The average molecular weight is 366 g/mol. The molecule has 0 aliphatic heterocycles. The molecule has 0 N–H and O–H groups in total. The van der Waals surface area contributed by atoms with Crippen molar-refractivity contribution in [3.63, 3.8) is 0 Å². The highest BCUT2D eigenvalue weighted by Crippen LogP contribution is 2.20. The normalized spacial score (nSPS) is 11.1. The summed E-state index contributed by atoms with van der Waals surface area (Å²) in [4.78, 5) is 12.3. The third kappa shape index (κ3) is 4.18. The Morgan fingerprint density at radius 3 is 2.04 bits per heavy atom. The van der Waals surface area contributed by atoms with Crippen molar-refractivity contribution < 1.29 is 17.9 Å². The summed E-state index contributed by atoms with van der Waals surface area (Å²) >= 11 is 0. The van der Waals surface area contributed by atoms with E-state index in [1.807, 2.05) is 54.6 Å². The topological polar surface area (TPSA) is 60.4 Å². The van der Waals surface area contributed by atoms with Gasteiger partial charge in [-0.3, -0.25) is 0 Å². The summed E-state index contributed by atoms with van der Waals surface area (Å²) in [5, 5.41) is 0. The molecule has 3 aromatic rings. The zero-order valence-electron chi connectivity index (χ0n) is 14.3. The molecule has 0 spiro atoms. The molecule has 0 fully saturated rings. The minimum atomic E-state index is -3.50. The van der Waals surface area contributed by atoms with Gasteiger partial charge < -0.3 is 4.74 Å². The number of esters is 1. The first-order valence-electron chi connectivity index (χ1n) is 8.06. The Morgan fingerprint density at radius 2 is 1.38 bits per heavy atom. The minimum Gasteiger partial charge on any atom is -0.457 e. The second-order valence-corrected chi connectivity index (χ2v) is 7.89. The Hall–Kier alpha value is -2.92. The van der Waals surface area contributed by atoms with Gasteiger partial charge in [-0.1, -0.05) is 66.7 Å². The second-order valence-electron chi connectivity index (χ2n) is 5.91. The smallest absolute Gasteiger partial charge is 0.339 e. The van der Waals surface area contributed by atoms with E-state index in [2.05, 4.69) is 0 Å². The Labute approximate surface area is 153 Å². The van der Waals surface area contributed by atoms with Crippen LogP contribution in [0, 0.1) is 0 Å². The summed E-state index contributed by atoms with van der Waals surface area (Å²) in [6.07, 6.45) is 1.07. The van der Waals surface area contributed by atoms with E-state index in [-0.39, 0.29) is 17.1 Å². The van der Waals surface area contributed by atoms with Crippen molar-refractivity contribution in [2.45, 2.75) is 11.5 Å². The third-order valence-electron chi connectivity index (χ3n) is 3.94. The SMILES string of the molecule is CS(=O)(=O)c1ccccc1C(=O)OCc1ccc(-c2ccccc2)cc1. The van der Waals surface area contributed by atoms with Gasteiger partial charge in [-0.05, 0) is 28.8 Å². The van der Waals surface area contributed by atoms with Gasteiger partial charge in [-0.2, -0.15) is 0 Å². The van der Waals surface area contributed by atoms with Crippen LogP contribution in [0.5, 0.6) is 0 Å². The molecule has 0 aliphatic carbocycles. The summed E-state index contributed by atoms with van der Waals surface area (Å²) < 4.78 is 28.9. The van der Waals surface area contributed by atoms with Crippen LogP contribution in [0.3, 0.4) is 0 Å². The maximum Gasteiger partial charge on any atom is 0.339 e. The first-order valence-corrected chi connectivity index (χ1v) is 9.95. The highest BCUT2D eigenvalue weighted by Gasteiger charge is 2.19. The predicted molar refractivity (Wildman–Crippen MR) is 101 cm³/mol. The second kappa shape index (κ2) is 7.54. The molecular formula is C21H18O4S. The van der Waals surface area contributed by atoms with Crippen LogP contribution in [-0.2, 0) is 21.2 Å². The van der Waals surface area contributed by atoms with E-state index in [1.165, 1.54) is 12.1 Å². The lowest BCUT2D eigenvalue weighted by atomic mass is 10.0. The molecule has 0 saturated carbocycles. The van der Waals surface area contributed by atoms with Crippen LogP contribution in [0.15, 0.2) is 83.8 Å². The van der Waals surface area contributed by atoms with E-state index in [1.54, 1.807) is 12.1 Å². The molecule has 0 radical (unpaired) electrons. The number of sulfone groups is 1. The molecule has 0 aliphatic rings. The molecule has 26 heavy (non-hydrogen) atoms. The Morgan fingerprint density at radius 1 is 0.808 bits per heavy atom. The van der Waals surface area contributed by atoms with E-state index in [0.29, 0.717) is 0 Å². The lowest BCUT2D eigenvalue weighted by Crippen LogP contribution is -2.11. The Kier molecular flexibility index (Phi) is 5.19. The van der Waals surface area contributed by atoms with Crippen LogP contribution in [0.2, 0.25) is 0 Å². The molecule has 3 rings (SSSR count). The van der Waals surface area contributed by atoms with Gasteiger partial charge in [-0.25, -0.2) is 13.2 Å². The van der Waals surface area contributed by atoms with Crippen LogP contribution in [0.4, 0.5) is 0 Å². The number of hydrogen-bond acceptors (Lipinski definition) is 4. The summed E-state index contributed by atoms with van der Waals surface area (Å²) in [5.74, 6) is -0.654. The fourth-order valence-corrected chi connectivity index (χ4v) is 3.49. The lowest BCUT2D eigenvalue weighted by Gasteiger charge is -2.09. The van der Waals surface area contributed by atoms with Crippen LogP contribution >= 0.6 is 0 Å². The van der Waals surface area contributed by atoms with Crippen molar-refractivity contribution in [3.8, 4) is 11.1 Å². The Bertz CT molecular complexity index is 1010. The molecule has 0 heterocycles. The predicted octanol–water partition coefficient (Wildman–Crippen LogP) is 4.11. The van der Waals surface area contributed by atoms with E-state index < -0.39 is 15.8 Å². The fourth-order valence-electron chi connectivity index (χ4n) is 2.61. The molecule has 0 amide bonds. The zero-order chi connectivity index (χ0) is 18.6. The molecule has 4 nitrogen and oxygen atoms in total. The number of carbonyl (C=O) groups is 1. The van der Waals surface area contributed by atoms with E-state index in [9.17, 15) is 13.2 Å². The highest BCUT2D eigenvalue weighted by atomic mass is 32.2. The van der Waals surface area contributed by atoms with Crippen molar-refractivity contribution in [2.24, 2.45) is 0 Å². The molecule has 0 atom stereocenters. The van der Waals surface area contributed by atoms with Gasteiger partial charge in [0.2, 0.25) is 0 Å². The average Bonchev–Trinajstić information content (AvgIpc) is 2.66. The number of rotatable bonds is 5. The first kappa shape index (κ1) is 17.9. The zero-order valence-corrected chi connectivity index (χ0v) is 15.1. The van der Waals surface area contributed by atoms with Crippen molar-refractivity contribution in [3.05, 3.63) is 90.0 Å². The number of carbonyl (C=O) groups excluding carboxylic acids is 1. The van der Waals surface area contributed by atoms with Crippen molar-refractivity contribution in [1.82, 2.24) is 0 Å². The number of hydrogen-bond donors (Lipinski definition) is 0. The highest BCUT2D eigenvalue weighted by molar-refractivity contribution is 7.90. The van der Waals surface area contributed by atoms with Crippen LogP contribution in [0.25, 0.3) is 11.1 Å². The molecule has 3 aromatic carbocycles. The summed E-state index contributed by atoms with van der Waals surface area (Å²) in [7, 11) is -3.50. The van der Waals surface area contributed by atoms with Gasteiger partial charge in [-0.15, -0.1) is 0 Å². The Balaban J connectivity index is 1.71. The van der Waals surface area contributed by atoms with Gasteiger partial charge >= 0.3 is 5.97 Å². The summed E-state index contributed by atoms with van der Waals surface area (Å²) in [5.41, 5.74) is 3.06. The molecule has 5 heteroatoms. The number of benzene rings is 3. The molecular weight excluding hydrogens is 348 g/mol. The van der Waals surface area contributed by atoms with Gasteiger partial charge in [0.05, 0.1) is 10.5 Å². The molecule has 132 valence electrons. The molecule has 0 saturated heterocycles. The van der Waals surface area contributed by atoms with Crippen molar-refractivity contribution in [1.29, 1.82) is 0 Å². The third-order valence-corrected chi connectivity index (χ3v) is 5.09. The van der Waals surface area contributed by atoms with Crippen LogP contribution in [-0.4, -0.2) is 20.6 Å². The largest absolute Gasteiger partial charge is 0.457 e.